The smallest absolute Gasteiger partial charge is 0.305 e. The van der Waals surface area contributed by atoms with Crippen LogP contribution in [0.5, 0.6) is 0 Å². The summed E-state index contributed by atoms with van der Waals surface area (Å²) in [5.74, 6) is -3.08. The summed E-state index contributed by atoms with van der Waals surface area (Å²) in [6.07, 6.45) is 3.00. The molecule has 1 saturated carbocycles. The van der Waals surface area contributed by atoms with Crippen molar-refractivity contribution in [3.8, 4) is 0 Å². The average Bonchev–Trinajstić information content (AvgIpc) is 2.87. The Labute approximate surface area is 131 Å². The van der Waals surface area contributed by atoms with Crippen molar-refractivity contribution in [2.24, 2.45) is 0 Å². The third-order valence-electron chi connectivity index (χ3n) is 3.72. The molecule has 1 aliphatic rings. The molecule has 1 aromatic rings. The zero-order chi connectivity index (χ0) is 16.2. The van der Waals surface area contributed by atoms with Crippen molar-refractivity contribution in [3.63, 3.8) is 0 Å². The second-order valence-corrected chi connectivity index (χ2v) is 6.52. The number of rotatable bonds is 6. The van der Waals surface area contributed by atoms with Crippen LogP contribution in [0.15, 0.2) is 23.1 Å². The summed E-state index contributed by atoms with van der Waals surface area (Å²) >= 11 is 1.09. The molecule has 0 heterocycles. The number of carboxylic acids is 1. The molecule has 0 radical (unpaired) electrons. The van der Waals surface area contributed by atoms with Crippen LogP contribution in [-0.2, 0) is 9.59 Å². The van der Waals surface area contributed by atoms with Gasteiger partial charge >= 0.3 is 5.97 Å². The fraction of sp³-hybridized carbons (Fsp3) is 0.467. The lowest BCUT2D eigenvalue weighted by Crippen LogP contribution is -2.48. The van der Waals surface area contributed by atoms with Gasteiger partial charge in [-0.05, 0) is 31.0 Å². The van der Waals surface area contributed by atoms with Crippen molar-refractivity contribution in [1.82, 2.24) is 5.32 Å². The van der Waals surface area contributed by atoms with E-state index in [0.29, 0.717) is 17.7 Å². The fourth-order valence-electron chi connectivity index (χ4n) is 2.73. The van der Waals surface area contributed by atoms with Crippen LogP contribution in [0.3, 0.4) is 0 Å². The molecule has 2 N–H and O–H groups in total. The summed E-state index contributed by atoms with van der Waals surface area (Å²) in [5, 5.41) is 11.8. The lowest BCUT2D eigenvalue weighted by molar-refractivity contribution is -0.139. The van der Waals surface area contributed by atoms with Gasteiger partial charge < -0.3 is 10.4 Å². The van der Waals surface area contributed by atoms with Gasteiger partial charge in [0.15, 0.2) is 11.6 Å². The normalized spacial score (nSPS) is 16.5. The van der Waals surface area contributed by atoms with Crippen LogP contribution < -0.4 is 5.32 Å². The first-order valence-electron chi connectivity index (χ1n) is 7.01. The maximum absolute atomic E-state index is 13.1. The van der Waals surface area contributed by atoms with E-state index in [1.165, 1.54) is 6.07 Å². The van der Waals surface area contributed by atoms with E-state index in [9.17, 15) is 18.4 Å². The highest BCUT2D eigenvalue weighted by Crippen LogP contribution is 2.33. The van der Waals surface area contributed by atoms with Gasteiger partial charge in [-0.2, -0.15) is 0 Å². The van der Waals surface area contributed by atoms with E-state index in [2.05, 4.69) is 5.32 Å². The van der Waals surface area contributed by atoms with E-state index >= 15 is 0 Å². The first-order chi connectivity index (χ1) is 10.4. The summed E-state index contributed by atoms with van der Waals surface area (Å²) in [5.41, 5.74) is -0.669. The topological polar surface area (TPSA) is 66.4 Å². The number of hydrogen-bond acceptors (Lipinski definition) is 3. The van der Waals surface area contributed by atoms with Gasteiger partial charge in [-0.25, -0.2) is 8.78 Å². The van der Waals surface area contributed by atoms with Gasteiger partial charge in [-0.1, -0.05) is 12.8 Å². The van der Waals surface area contributed by atoms with Crippen molar-refractivity contribution in [1.29, 1.82) is 0 Å². The Morgan fingerprint density at radius 2 is 1.91 bits per heavy atom. The van der Waals surface area contributed by atoms with E-state index in [1.807, 2.05) is 0 Å². The molecule has 22 heavy (non-hydrogen) atoms. The number of halogens is 2. The zero-order valence-electron chi connectivity index (χ0n) is 11.9. The highest BCUT2D eigenvalue weighted by molar-refractivity contribution is 8.00. The van der Waals surface area contributed by atoms with Gasteiger partial charge in [0.1, 0.15) is 0 Å². The SMILES string of the molecule is O=C(O)CC1(NC(=O)CSc2ccc(F)c(F)c2)CCCC1. The van der Waals surface area contributed by atoms with Gasteiger partial charge in [-0.3, -0.25) is 9.59 Å². The number of carbonyl (C=O) groups is 2. The molecule has 0 unspecified atom stereocenters. The van der Waals surface area contributed by atoms with Crippen LogP contribution in [0.1, 0.15) is 32.1 Å². The molecule has 1 fully saturated rings. The maximum Gasteiger partial charge on any atom is 0.305 e. The third-order valence-corrected chi connectivity index (χ3v) is 4.71. The van der Waals surface area contributed by atoms with Crippen LogP contribution in [0.4, 0.5) is 8.78 Å². The van der Waals surface area contributed by atoms with Gasteiger partial charge in [0, 0.05) is 4.90 Å². The average molecular weight is 329 g/mol. The Bertz CT molecular complexity index is 574. The van der Waals surface area contributed by atoms with Crippen molar-refractivity contribution < 1.29 is 23.5 Å². The Morgan fingerprint density at radius 1 is 1.23 bits per heavy atom. The number of carboxylic acid groups (broad SMARTS) is 1. The highest BCUT2D eigenvalue weighted by Gasteiger charge is 2.37. The lowest BCUT2D eigenvalue weighted by atomic mass is 9.93. The lowest BCUT2D eigenvalue weighted by Gasteiger charge is -2.28. The van der Waals surface area contributed by atoms with Gasteiger partial charge in [0.2, 0.25) is 5.91 Å². The minimum Gasteiger partial charge on any atom is -0.481 e. The van der Waals surface area contributed by atoms with Crippen LogP contribution in [0.2, 0.25) is 0 Å². The number of amides is 1. The second-order valence-electron chi connectivity index (χ2n) is 5.47. The number of nitrogens with one attached hydrogen (secondary N) is 1. The number of hydrogen-bond donors (Lipinski definition) is 2. The molecule has 0 spiro atoms. The van der Waals surface area contributed by atoms with E-state index in [4.69, 9.17) is 5.11 Å². The molecular weight excluding hydrogens is 312 g/mol. The van der Waals surface area contributed by atoms with Crippen LogP contribution in [-0.4, -0.2) is 28.3 Å². The largest absolute Gasteiger partial charge is 0.481 e. The maximum atomic E-state index is 13.1. The Hall–Kier alpha value is -1.63. The van der Waals surface area contributed by atoms with Crippen LogP contribution >= 0.6 is 11.8 Å². The van der Waals surface area contributed by atoms with Gasteiger partial charge in [0.25, 0.3) is 0 Å². The van der Waals surface area contributed by atoms with Crippen molar-refractivity contribution in [3.05, 3.63) is 29.8 Å². The molecule has 2 rings (SSSR count). The number of thioether (sulfide) groups is 1. The van der Waals surface area contributed by atoms with E-state index in [0.717, 1.165) is 36.7 Å². The monoisotopic (exact) mass is 329 g/mol. The van der Waals surface area contributed by atoms with Gasteiger partial charge in [0.05, 0.1) is 17.7 Å². The number of benzene rings is 1. The Balaban J connectivity index is 1.91. The second kappa shape index (κ2) is 7.09. The van der Waals surface area contributed by atoms with E-state index < -0.39 is 23.1 Å². The van der Waals surface area contributed by atoms with Crippen LogP contribution in [0, 0.1) is 11.6 Å². The summed E-state index contributed by atoms with van der Waals surface area (Å²) < 4.78 is 25.9. The van der Waals surface area contributed by atoms with Crippen molar-refractivity contribution >= 4 is 23.6 Å². The molecule has 0 aliphatic heterocycles. The molecule has 0 aromatic heterocycles. The Kier molecular flexibility index (Phi) is 5.39. The molecule has 0 bridgehead atoms. The predicted molar refractivity (Wildman–Crippen MR) is 78.7 cm³/mol. The molecule has 7 heteroatoms. The molecular formula is C15H17F2NO3S. The molecule has 4 nitrogen and oxygen atoms in total. The molecule has 1 amide bonds. The van der Waals surface area contributed by atoms with Gasteiger partial charge in [-0.15, -0.1) is 11.8 Å². The molecule has 1 aromatic carbocycles. The van der Waals surface area contributed by atoms with Crippen molar-refractivity contribution in [2.75, 3.05) is 5.75 Å². The predicted octanol–water partition coefficient (Wildman–Crippen LogP) is 2.96. The molecule has 0 atom stereocenters. The zero-order valence-corrected chi connectivity index (χ0v) is 12.7. The third kappa shape index (κ3) is 4.43. The first-order valence-corrected chi connectivity index (χ1v) is 7.99. The number of carbonyl (C=O) groups excluding carboxylic acids is 1. The summed E-state index contributed by atoms with van der Waals surface area (Å²) in [6, 6.07) is 3.45. The molecule has 1 aliphatic carbocycles. The summed E-state index contributed by atoms with van der Waals surface area (Å²) in [6.45, 7) is 0. The minimum absolute atomic E-state index is 0.0342. The van der Waals surface area contributed by atoms with E-state index in [-0.39, 0.29) is 18.1 Å². The van der Waals surface area contributed by atoms with E-state index in [1.54, 1.807) is 0 Å². The standard InChI is InChI=1S/C15H17F2NO3S/c16-11-4-3-10(7-12(11)17)22-9-13(19)18-15(8-14(20)21)5-1-2-6-15/h3-4,7H,1-2,5-6,8-9H2,(H,18,19)(H,20,21). The summed E-state index contributed by atoms with van der Waals surface area (Å²) in [7, 11) is 0. The highest BCUT2D eigenvalue weighted by atomic mass is 32.2. The molecule has 120 valence electrons. The van der Waals surface area contributed by atoms with Crippen molar-refractivity contribution in [2.45, 2.75) is 42.5 Å². The fourth-order valence-corrected chi connectivity index (χ4v) is 3.46. The molecule has 0 saturated heterocycles. The summed E-state index contributed by atoms with van der Waals surface area (Å²) in [4.78, 5) is 23.4. The first kappa shape index (κ1) is 16.7. The minimum atomic E-state index is -0.955. The number of aliphatic carboxylic acids is 1. The Morgan fingerprint density at radius 3 is 2.50 bits per heavy atom. The van der Waals surface area contributed by atoms with Crippen LogP contribution in [0.25, 0.3) is 0 Å². The quantitative estimate of drug-likeness (QED) is 0.788.